The SMILES string of the molecule is CCCN(CC)C(=O)c1ccc(F)cc1C#CCO. The van der Waals surface area contributed by atoms with Crippen molar-refractivity contribution in [2.45, 2.75) is 20.3 Å². The zero-order valence-corrected chi connectivity index (χ0v) is 11.2. The first kappa shape index (κ1) is 15.2. The summed E-state index contributed by atoms with van der Waals surface area (Å²) in [6, 6.07) is 3.91. The van der Waals surface area contributed by atoms with Crippen molar-refractivity contribution >= 4 is 5.91 Å². The Bertz CT molecular complexity index is 503. The van der Waals surface area contributed by atoms with Crippen LogP contribution in [-0.4, -0.2) is 35.6 Å². The maximum absolute atomic E-state index is 13.2. The number of aliphatic hydroxyl groups is 1. The molecule has 1 N–H and O–H groups in total. The van der Waals surface area contributed by atoms with Crippen LogP contribution in [0.2, 0.25) is 0 Å². The van der Waals surface area contributed by atoms with Gasteiger partial charge >= 0.3 is 0 Å². The second kappa shape index (κ2) is 7.55. The Hall–Kier alpha value is -1.86. The molecule has 3 nitrogen and oxygen atoms in total. The normalized spacial score (nSPS) is 9.68. The van der Waals surface area contributed by atoms with Crippen molar-refractivity contribution in [3.63, 3.8) is 0 Å². The van der Waals surface area contributed by atoms with Crippen LogP contribution in [0, 0.1) is 17.7 Å². The number of nitrogens with zero attached hydrogens (tertiary/aromatic N) is 1. The Morgan fingerprint density at radius 2 is 2.16 bits per heavy atom. The van der Waals surface area contributed by atoms with Gasteiger partial charge in [-0.1, -0.05) is 18.8 Å². The van der Waals surface area contributed by atoms with Crippen molar-refractivity contribution in [2.24, 2.45) is 0 Å². The van der Waals surface area contributed by atoms with Gasteiger partial charge in [0, 0.05) is 18.7 Å². The summed E-state index contributed by atoms with van der Waals surface area (Å²) in [5.74, 6) is 4.45. The number of carbonyl (C=O) groups is 1. The molecule has 0 atom stereocenters. The van der Waals surface area contributed by atoms with E-state index >= 15 is 0 Å². The number of rotatable bonds is 4. The van der Waals surface area contributed by atoms with Gasteiger partial charge in [0.15, 0.2) is 0 Å². The molecule has 0 aliphatic rings. The summed E-state index contributed by atoms with van der Waals surface area (Å²) in [6.07, 6.45) is 0.860. The molecule has 1 aromatic carbocycles. The molecule has 0 fully saturated rings. The van der Waals surface area contributed by atoms with Crippen molar-refractivity contribution in [3.8, 4) is 11.8 Å². The summed E-state index contributed by atoms with van der Waals surface area (Å²) in [5, 5.41) is 8.70. The van der Waals surface area contributed by atoms with Crippen molar-refractivity contribution in [3.05, 3.63) is 35.1 Å². The van der Waals surface area contributed by atoms with Gasteiger partial charge in [-0.3, -0.25) is 4.79 Å². The minimum Gasteiger partial charge on any atom is -0.384 e. The molecular formula is C15H18FNO2. The number of aliphatic hydroxyl groups excluding tert-OH is 1. The summed E-state index contributed by atoms with van der Waals surface area (Å²) in [7, 11) is 0. The number of halogens is 1. The predicted octanol–water partition coefficient (Wildman–Crippen LogP) is 2.04. The second-order valence-corrected chi connectivity index (χ2v) is 4.03. The minimum absolute atomic E-state index is 0.161. The lowest BCUT2D eigenvalue weighted by Crippen LogP contribution is -2.32. The van der Waals surface area contributed by atoms with Crippen molar-refractivity contribution < 1.29 is 14.3 Å². The first-order chi connectivity index (χ1) is 9.13. The third-order valence-electron chi connectivity index (χ3n) is 2.68. The number of hydrogen-bond acceptors (Lipinski definition) is 2. The first-order valence-electron chi connectivity index (χ1n) is 6.32. The molecule has 0 bridgehead atoms. The monoisotopic (exact) mass is 263 g/mol. The molecule has 19 heavy (non-hydrogen) atoms. The van der Waals surface area contributed by atoms with E-state index in [0.29, 0.717) is 24.2 Å². The molecule has 1 aromatic rings. The third kappa shape index (κ3) is 4.08. The highest BCUT2D eigenvalue weighted by Gasteiger charge is 2.16. The van der Waals surface area contributed by atoms with E-state index in [-0.39, 0.29) is 12.5 Å². The molecule has 0 unspecified atom stereocenters. The molecule has 0 aliphatic heterocycles. The molecule has 0 heterocycles. The van der Waals surface area contributed by atoms with Gasteiger partial charge < -0.3 is 10.0 Å². The zero-order chi connectivity index (χ0) is 14.3. The van der Waals surface area contributed by atoms with Crippen molar-refractivity contribution in [1.82, 2.24) is 4.90 Å². The Morgan fingerprint density at radius 3 is 2.74 bits per heavy atom. The van der Waals surface area contributed by atoms with E-state index in [1.165, 1.54) is 18.2 Å². The van der Waals surface area contributed by atoms with Gasteiger partial charge in [-0.25, -0.2) is 4.39 Å². The highest BCUT2D eigenvalue weighted by Crippen LogP contribution is 2.13. The molecule has 0 aliphatic carbocycles. The Morgan fingerprint density at radius 1 is 1.42 bits per heavy atom. The van der Waals surface area contributed by atoms with E-state index in [1.807, 2.05) is 13.8 Å². The fraction of sp³-hybridized carbons (Fsp3) is 0.400. The van der Waals surface area contributed by atoms with Gasteiger partial charge in [-0.2, -0.15) is 0 Å². The van der Waals surface area contributed by atoms with Crippen LogP contribution in [0.3, 0.4) is 0 Å². The molecular weight excluding hydrogens is 245 g/mol. The van der Waals surface area contributed by atoms with E-state index in [0.717, 1.165) is 6.42 Å². The van der Waals surface area contributed by atoms with E-state index in [9.17, 15) is 9.18 Å². The number of hydrogen-bond donors (Lipinski definition) is 1. The molecule has 0 saturated carbocycles. The van der Waals surface area contributed by atoms with Crippen LogP contribution >= 0.6 is 0 Å². The van der Waals surface area contributed by atoms with Gasteiger partial charge in [0.05, 0.1) is 5.56 Å². The molecule has 0 aromatic heterocycles. The summed E-state index contributed by atoms with van der Waals surface area (Å²) in [6.45, 7) is 4.82. The molecule has 0 saturated heterocycles. The Balaban J connectivity index is 3.14. The highest BCUT2D eigenvalue weighted by atomic mass is 19.1. The number of carbonyl (C=O) groups excluding carboxylic acids is 1. The predicted molar refractivity (Wildman–Crippen MR) is 72.2 cm³/mol. The summed E-state index contributed by atoms with van der Waals surface area (Å²) in [4.78, 5) is 14.0. The topological polar surface area (TPSA) is 40.5 Å². The summed E-state index contributed by atoms with van der Waals surface area (Å²) < 4.78 is 13.2. The first-order valence-corrected chi connectivity index (χ1v) is 6.32. The smallest absolute Gasteiger partial charge is 0.255 e. The molecule has 4 heteroatoms. The van der Waals surface area contributed by atoms with Crippen molar-refractivity contribution in [1.29, 1.82) is 0 Å². The van der Waals surface area contributed by atoms with E-state index in [1.54, 1.807) is 4.90 Å². The molecule has 102 valence electrons. The van der Waals surface area contributed by atoms with Crippen LogP contribution in [0.1, 0.15) is 36.2 Å². The highest BCUT2D eigenvalue weighted by molar-refractivity contribution is 5.96. The average molecular weight is 263 g/mol. The molecule has 0 radical (unpaired) electrons. The van der Waals surface area contributed by atoms with E-state index < -0.39 is 5.82 Å². The third-order valence-corrected chi connectivity index (χ3v) is 2.68. The van der Waals surface area contributed by atoms with E-state index in [2.05, 4.69) is 11.8 Å². The Labute approximate surface area is 113 Å². The van der Waals surface area contributed by atoms with Crippen LogP contribution in [0.25, 0.3) is 0 Å². The fourth-order valence-corrected chi connectivity index (χ4v) is 1.78. The molecule has 1 rings (SSSR count). The van der Waals surface area contributed by atoms with Crippen molar-refractivity contribution in [2.75, 3.05) is 19.7 Å². The quantitative estimate of drug-likeness (QED) is 0.845. The fourth-order valence-electron chi connectivity index (χ4n) is 1.78. The van der Waals surface area contributed by atoms with Crippen LogP contribution in [-0.2, 0) is 0 Å². The molecule has 1 amide bonds. The van der Waals surface area contributed by atoms with Crippen LogP contribution in [0.15, 0.2) is 18.2 Å². The molecule has 0 spiro atoms. The van der Waals surface area contributed by atoms with Gasteiger partial charge in [-0.15, -0.1) is 0 Å². The number of amides is 1. The lowest BCUT2D eigenvalue weighted by atomic mass is 10.1. The van der Waals surface area contributed by atoms with E-state index in [4.69, 9.17) is 5.11 Å². The standard InChI is InChI=1S/C15H18FNO2/c1-3-9-17(4-2)15(19)14-8-7-13(16)11-12(14)6-5-10-18/h7-8,11,18H,3-4,9-10H2,1-2H3. The zero-order valence-electron chi connectivity index (χ0n) is 11.2. The van der Waals surface area contributed by atoms with Crippen LogP contribution < -0.4 is 0 Å². The van der Waals surface area contributed by atoms with Gasteiger partial charge in [0.25, 0.3) is 5.91 Å². The van der Waals surface area contributed by atoms with Crippen LogP contribution in [0.4, 0.5) is 4.39 Å². The number of benzene rings is 1. The summed E-state index contributed by atoms with van der Waals surface area (Å²) >= 11 is 0. The minimum atomic E-state index is -0.447. The maximum atomic E-state index is 13.2. The van der Waals surface area contributed by atoms with Gasteiger partial charge in [-0.05, 0) is 31.5 Å². The lowest BCUT2D eigenvalue weighted by Gasteiger charge is -2.20. The van der Waals surface area contributed by atoms with Gasteiger partial charge in [0.1, 0.15) is 12.4 Å². The average Bonchev–Trinajstić information content (AvgIpc) is 2.42. The second-order valence-electron chi connectivity index (χ2n) is 4.03. The largest absolute Gasteiger partial charge is 0.384 e. The summed E-state index contributed by atoms with van der Waals surface area (Å²) in [5.41, 5.74) is 0.686. The lowest BCUT2D eigenvalue weighted by molar-refractivity contribution is 0.0764. The van der Waals surface area contributed by atoms with Gasteiger partial charge in [0.2, 0.25) is 0 Å². The maximum Gasteiger partial charge on any atom is 0.255 e. The van der Waals surface area contributed by atoms with Crippen LogP contribution in [0.5, 0.6) is 0 Å². The Kier molecular flexibility index (Phi) is 6.04.